The molecule has 0 saturated carbocycles. The lowest BCUT2D eigenvalue weighted by atomic mass is 10.1. The summed E-state index contributed by atoms with van der Waals surface area (Å²) in [5.74, 6) is -0.626. The fourth-order valence-corrected chi connectivity index (χ4v) is 3.20. The van der Waals surface area contributed by atoms with Crippen LogP contribution in [0.4, 0.5) is 0 Å². The summed E-state index contributed by atoms with van der Waals surface area (Å²) in [5, 5.41) is 0. The van der Waals surface area contributed by atoms with Gasteiger partial charge < -0.3 is 4.74 Å². The van der Waals surface area contributed by atoms with E-state index in [1.807, 2.05) is 44.2 Å². The van der Waals surface area contributed by atoms with Crippen molar-refractivity contribution in [1.82, 2.24) is 4.72 Å². The highest BCUT2D eigenvalue weighted by atomic mass is 32.2. The number of aryl methyl sites for hydroxylation is 2. The Bertz CT molecular complexity index is 816. The second kappa shape index (κ2) is 7.59. The standard InChI is InChI=1S/C18H21NO4S/c1-13-9-10-17(11-14(13)2)24(21,22)19-12-18(20)23-15(3)16-7-5-4-6-8-16/h4-11,15,19H,12H2,1-3H3/t15-/m1/s1. The number of benzene rings is 2. The van der Waals surface area contributed by atoms with Crippen LogP contribution in [0, 0.1) is 13.8 Å². The van der Waals surface area contributed by atoms with Crippen LogP contribution < -0.4 is 4.72 Å². The maximum atomic E-state index is 12.2. The van der Waals surface area contributed by atoms with Crippen molar-refractivity contribution in [2.24, 2.45) is 0 Å². The number of hydrogen-bond donors (Lipinski definition) is 1. The maximum absolute atomic E-state index is 12.2. The maximum Gasteiger partial charge on any atom is 0.321 e. The van der Waals surface area contributed by atoms with Crippen molar-refractivity contribution < 1.29 is 17.9 Å². The van der Waals surface area contributed by atoms with Gasteiger partial charge in [-0.15, -0.1) is 0 Å². The summed E-state index contributed by atoms with van der Waals surface area (Å²) >= 11 is 0. The highest BCUT2D eigenvalue weighted by molar-refractivity contribution is 7.89. The van der Waals surface area contributed by atoms with E-state index in [0.29, 0.717) is 0 Å². The van der Waals surface area contributed by atoms with Crippen molar-refractivity contribution in [2.45, 2.75) is 31.8 Å². The first-order valence-electron chi connectivity index (χ1n) is 7.61. The zero-order chi connectivity index (χ0) is 17.7. The molecule has 0 saturated heterocycles. The molecule has 0 aliphatic heterocycles. The highest BCUT2D eigenvalue weighted by Gasteiger charge is 2.18. The summed E-state index contributed by atoms with van der Waals surface area (Å²) in [6, 6.07) is 14.1. The number of sulfonamides is 1. The molecule has 6 heteroatoms. The van der Waals surface area contributed by atoms with Crippen molar-refractivity contribution >= 4 is 16.0 Å². The number of nitrogens with one attached hydrogen (secondary N) is 1. The Morgan fingerprint density at radius 1 is 1.08 bits per heavy atom. The van der Waals surface area contributed by atoms with Gasteiger partial charge in [0.1, 0.15) is 12.6 Å². The molecule has 0 bridgehead atoms. The zero-order valence-corrected chi connectivity index (χ0v) is 14.8. The molecule has 0 radical (unpaired) electrons. The molecule has 128 valence electrons. The SMILES string of the molecule is Cc1ccc(S(=O)(=O)NCC(=O)O[C@H](C)c2ccccc2)cc1C. The zero-order valence-electron chi connectivity index (χ0n) is 13.9. The molecular formula is C18H21NO4S. The van der Waals surface area contributed by atoms with Crippen LogP contribution in [-0.2, 0) is 19.6 Å². The van der Waals surface area contributed by atoms with Gasteiger partial charge in [-0.1, -0.05) is 36.4 Å². The van der Waals surface area contributed by atoms with E-state index in [-0.39, 0.29) is 4.90 Å². The van der Waals surface area contributed by atoms with E-state index in [4.69, 9.17) is 4.74 Å². The summed E-state index contributed by atoms with van der Waals surface area (Å²) in [6.07, 6.45) is -0.440. The third-order valence-corrected chi connectivity index (χ3v) is 5.17. The third kappa shape index (κ3) is 4.66. The Balaban J connectivity index is 1.96. The summed E-state index contributed by atoms with van der Waals surface area (Å²) in [5.41, 5.74) is 2.73. The molecule has 0 spiro atoms. The molecule has 0 aliphatic rings. The van der Waals surface area contributed by atoms with Crippen molar-refractivity contribution in [3.05, 3.63) is 65.2 Å². The van der Waals surface area contributed by atoms with E-state index in [9.17, 15) is 13.2 Å². The molecule has 0 heterocycles. The average Bonchev–Trinajstić information content (AvgIpc) is 2.56. The molecule has 0 aromatic heterocycles. The largest absolute Gasteiger partial charge is 0.457 e. The first-order chi connectivity index (χ1) is 11.3. The highest BCUT2D eigenvalue weighted by Crippen LogP contribution is 2.17. The van der Waals surface area contributed by atoms with Gasteiger partial charge in [0.15, 0.2) is 0 Å². The van der Waals surface area contributed by atoms with Crippen molar-refractivity contribution in [2.75, 3.05) is 6.54 Å². The van der Waals surface area contributed by atoms with E-state index in [2.05, 4.69) is 4.72 Å². The number of carbonyl (C=O) groups excluding carboxylic acids is 1. The lowest BCUT2D eigenvalue weighted by Gasteiger charge is -2.14. The topological polar surface area (TPSA) is 72.5 Å². The summed E-state index contributed by atoms with van der Waals surface area (Å²) in [4.78, 5) is 12.0. The van der Waals surface area contributed by atoms with Gasteiger partial charge in [0, 0.05) is 0 Å². The number of ether oxygens (including phenoxy) is 1. The minimum Gasteiger partial charge on any atom is -0.457 e. The van der Waals surface area contributed by atoms with Gasteiger partial charge in [-0.25, -0.2) is 8.42 Å². The van der Waals surface area contributed by atoms with Crippen LogP contribution in [0.3, 0.4) is 0 Å². The van der Waals surface area contributed by atoms with Crippen LogP contribution in [0.5, 0.6) is 0 Å². The van der Waals surface area contributed by atoms with E-state index >= 15 is 0 Å². The minimum atomic E-state index is -3.75. The normalized spacial score (nSPS) is 12.6. The molecule has 24 heavy (non-hydrogen) atoms. The Morgan fingerprint density at radius 2 is 1.75 bits per heavy atom. The van der Waals surface area contributed by atoms with Crippen LogP contribution in [0.1, 0.15) is 29.7 Å². The van der Waals surface area contributed by atoms with Gasteiger partial charge >= 0.3 is 5.97 Å². The van der Waals surface area contributed by atoms with Crippen LogP contribution in [0.2, 0.25) is 0 Å². The summed E-state index contributed by atoms with van der Waals surface area (Å²) in [7, 11) is -3.75. The van der Waals surface area contributed by atoms with E-state index in [0.717, 1.165) is 16.7 Å². The predicted molar refractivity (Wildman–Crippen MR) is 92.1 cm³/mol. The lowest BCUT2D eigenvalue weighted by Crippen LogP contribution is -2.31. The van der Waals surface area contributed by atoms with Crippen LogP contribution in [0.25, 0.3) is 0 Å². The number of esters is 1. The Labute approximate surface area is 142 Å². The smallest absolute Gasteiger partial charge is 0.321 e. The van der Waals surface area contributed by atoms with Crippen LogP contribution >= 0.6 is 0 Å². The lowest BCUT2D eigenvalue weighted by molar-refractivity contribution is -0.147. The van der Waals surface area contributed by atoms with Gasteiger partial charge in [0.05, 0.1) is 4.90 Å². The first-order valence-corrected chi connectivity index (χ1v) is 9.09. The van der Waals surface area contributed by atoms with E-state index in [1.54, 1.807) is 19.1 Å². The quantitative estimate of drug-likeness (QED) is 0.816. The second-order valence-electron chi connectivity index (χ2n) is 5.61. The molecular weight excluding hydrogens is 326 g/mol. The van der Waals surface area contributed by atoms with Gasteiger partial charge in [0.2, 0.25) is 10.0 Å². The number of rotatable bonds is 6. The molecule has 0 unspecified atom stereocenters. The summed E-state index contributed by atoms with van der Waals surface area (Å²) in [6.45, 7) is 5.07. The minimum absolute atomic E-state index is 0.134. The molecule has 2 rings (SSSR count). The van der Waals surface area contributed by atoms with Gasteiger partial charge in [-0.2, -0.15) is 4.72 Å². The first kappa shape index (κ1) is 18.2. The van der Waals surface area contributed by atoms with Crippen LogP contribution in [-0.4, -0.2) is 20.9 Å². The Kier molecular flexibility index (Phi) is 5.75. The second-order valence-corrected chi connectivity index (χ2v) is 7.38. The van der Waals surface area contributed by atoms with Crippen molar-refractivity contribution in [3.8, 4) is 0 Å². The Hall–Kier alpha value is -2.18. The number of hydrogen-bond acceptors (Lipinski definition) is 4. The average molecular weight is 347 g/mol. The molecule has 0 amide bonds. The molecule has 1 N–H and O–H groups in total. The fraction of sp³-hybridized carbons (Fsp3) is 0.278. The fourth-order valence-electron chi connectivity index (χ4n) is 2.15. The van der Waals surface area contributed by atoms with Crippen LogP contribution in [0.15, 0.2) is 53.4 Å². The van der Waals surface area contributed by atoms with Gasteiger partial charge in [-0.3, -0.25) is 4.79 Å². The van der Waals surface area contributed by atoms with E-state index < -0.39 is 28.6 Å². The molecule has 2 aromatic carbocycles. The Morgan fingerprint density at radius 3 is 2.38 bits per heavy atom. The molecule has 5 nitrogen and oxygen atoms in total. The molecule has 1 atom stereocenters. The van der Waals surface area contributed by atoms with E-state index in [1.165, 1.54) is 6.07 Å². The van der Waals surface area contributed by atoms with Crippen molar-refractivity contribution in [3.63, 3.8) is 0 Å². The number of carbonyl (C=O) groups is 1. The van der Waals surface area contributed by atoms with Gasteiger partial charge in [0.25, 0.3) is 0 Å². The van der Waals surface area contributed by atoms with Crippen molar-refractivity contribution in [1.29, 1.82) is 0 Å². The molecule has 0 aliphatic carbocycles. The third-order valence-electron chi connectivity index (χ3n) is 3.77. The summed E-state index contributed by atoms with van der Waals surface area (Å²) < 4.78 is 32.0. The molecule has 2 aromatic rings. The monoisotopic (exact) mass is 347 g/mol. The predicted octanol–water partition coefficient (Wildman–Crippen LogP) is 2.89. The molecule has 0 fully saturated rings. The van der Waals surface area contributed by atoms with Gasteiger partial charge in [-0.05, 0) is 49.6 Å².